The molecule has 6 amide bonds. The topological polar surface area (TPSA) is 696 Å². The second-order valence-electron chi connectivity index (χ2n) is 35.1. The summed E-state index contributed by atoms with van der Waals surface area (Å²) in [7, 11) is 0. The summed E-state index contributed by atoms with van der Waals surface area (Å²) < 4.78 is 0. The van der Waals surface area contributed by atoms with Gasteiger partial charge in [0.2, 0.25) is 35.4 Å². The molecule has 0 aromatic heterocycles. The monoisotopic (exact) mass is 2270 g/mol. The number of nitrogens with zero attached hydrogens (tertiary/aromatic N) is 16. The number of aliphatic carboxylic acids is 11. The van der Waals surface area contributed by atoms with Crippen molar-refractivity contribution in [3.63, 3.8) is 0 Å². The first-order chi connectivity index (χ1) is 64.6. The fourth-order valence-electron chi connectivity index (χ4n) is 16.2. The molecule has 0 aromatic rings. The van der Waals surface area contributed by atoms with Gasteiger partial charge in [0, 0.05) is 273 Å². The first kappa shape index (κ1) is 127. The molecule has 14 N–H and O–H groups in total. The van der Waals surface area contributed by atoms with Crippen LogP contribution in [0.3, 0.4) is 0 Å². The van der Waals surface area contributed by atoms with Gasteiger partial charge in [-0.25, -0.2) is 0 Å². The van der Waals surface area contributed by atoms with Crippen molar-refractivity contribution in [2.45, 2.75) is 84.5 Å². The van der Waals surface area contributed by atoms with Crippen molar-refractivity contribution in [2.75, 3.05) is 327 Å². The summed E-state index contributed by atoms with van der Waals surface area (Å²) in [5, 5.41) is 130. The van der Waals surface area contributed by atoms with E-state index >= 15 is 0 Å². The maximum atomic E-state index is 14.6. The molecule has 139 heavy (non-hydrogen) atoms. The van der Waals surface area contributed by atoms with Gasteiger partial charge in [-0.2, -0.15) is 0 Å². The van der Waals surface area contributed by atoms with Crippen LogP contribution >= 0.6 is 0 Å². The molecule has 53 nitrogen and oxygen atoms in total. The number of nitrogens with one attached hydrogen (secondary N) is 6. The molecule has 4 aliphatic rings. The van der Waals surface area contributed by atoms with Crippen molar-refractivity contribution in [3.8, 4) is 0 Å². The Morgan fingerprint density at radius 1 is 0.252 bits per heavy atom. The summed E-state index contributed by atoms with van der Waals surface area (Å²) in [6, 6.07) is -4.36. The fourth-order valence-corrected chi connectivity index (χ4v) is 16.2. The number of Topliss-reactive ketones (excluding diaryl/α,β-unsaturated/α-hetero) is 3. The number of carboxylic acids is 11. The zero-order chi connectivity index (χ0) is 102. The van der Waals surface area contributed by atoms with E-state index < -0.39 is 279 Å². The second-order valence-corrected chi connectivity index (χ2v) is 35.1. The molecule has 4 fully saturated rings. The number of hydrogen-bond acceptors (Lipinski definition) is 39. The maximum absolute atomic E-state index is 14.6. The van der Waals surface area contributed by atoms with Crippen molar-refractivity contribution >= 4 is 118 Å². The molecule has 5 atom stereocenters. The Labute approximate surface area is 871 Å². The average molecular weight is 2270 g/mol. The second kappa shape index (κ2) is 68.3. The van der Waals surface area contributed by atoms with Crippen LogP contribution in [0.5, 0.6) is 0 Å². The van der Waals surface area contributed by atoms with Crippen LogP contribution in [-0.4, -0.2) is 589 Å². The van der Waals surface area contributed by atoms with Crippen LogP contribution in [0.4, 0.5) is 0 Å². The van der Waals surface area contributed by atoms with E-state index in [1.807, 2.05) is 0 Å². The maximum Gasteiger partial charge on any atom is 3.00 e. The van der Waals surface area contributed by atoms with Gasteiger partial charge in [0.15, 0.2) is 5.78 Å². The predicted octanol–water partition coefficient (Wildman–Crippen LogP) is -14.7. The molecule has 4 saturated heterocycles. The van der Waals surface area contributed by atoms with E-state index in [4.69, 9.17) is 0 Å². The molecule has 0 bridgehead atoms. The molecular weight excluding hydrogens is 2130 g/mol. The van der Waals surface area contributed by atoms with Crippen molar-refractivity contribution < 1.29 is 232 Å². The molecule has 0 spiro atoms. The Morgan fingerprint density at radius 3 is 0.662 bits per heavy atom. The van der Waals surface area contributed by atoms with E-state index in [9.17, 15) is 152 Å². The van der Waals surface area contributed by atoms with Gasteiger partial charge >= 0.3 is 128 Å². The molecule has 4 rings (SSSR count). The number of ketones is 3. The average Bonchev–Trinajstić information content (AvgIpc) is 0.832. The van der Waals surface area contributed by atoms with Crippen molar-refractivity contribution in [1.82, 2.24) is 110 Å². The van der Waals surface area contributed by atoms with Crippen LogP contribution in [0.15, 0.2) is 0 Å². The van der Waals surface area contributed by atoms with Crippen molar-refractivity contribution in [1.29, 1.82) is 0 Å². The molecule has 0 aliphatic carbocycles. The van der Waals surface area contributed by atoms with Crippen LogP contribution in [0.1, 0.15) is 60.3 Å². The summed E-state index contributed by atoms with van der Waals surface area (Å²) in [5.74, 6) is -20.2. The third kappa shape index (κ3) is 55.5. The smallest absolute Gasteiger partial charge is 0.549 e. The minimum Gasteiger partial charge on any atom is -0.549 e. The Hall–Kier alpha value is -7.99. The number of carboxylic acid groups (broad SMARTS) is 11. The molecule has 0 aromatic carbocycles. The number of amides is 6. The fraction of sp³-hybridized carbons (Fsp3) is 0.762. The van der Waals surface area contributed by atoms with Gasteiger partial charge in [-0.15, -0.1) is 0 Å². The van der Waals surface area contributed by atoms with E-state index in [0.717, 1.165) is 0 Å². The van der Waals surface area contributed by atoms with Gasteiger partial charge in [-0.05, 0) is 41.0 Å². The molecule has 786 valence electrons. The van der Waals surface area contributed by atoms with Crippen LogP contribution in [0.25, 0.3) is 0 Å². The van der Waals surface area contributed by atoms with Gasteiger partial charge in [-0.1, -0.05) is 0 Å². The van der Waals surface area contributed by atoms with Gasteiger partial charge in [0.05, 0.1) is 121 Å². The van der Waals surface area contributed by atoms with E-state index in [0.29, 0.717) is 0 Å². The number of rotatable bonds is 50. The number of hydrogen-bond donors (Lipinski definition) is 14. The normalized spacial score (nSPS) is 19.4. The molecule has 4 heterocycles. The predicted molar refractivity (Wildman–Crippen MR) is 477 cm³/mol. The van der Waals surface area contributed by atoms with Crippen LogP contribution in [-0.2, 0) is 95.9 Å². The molecule has 55 heteroatoms. The van der Waals surface area contributed by atoms with E-state index in [2.05, 4.69) is 31.9 Å². The Bertz CT molecular complexity index is 3400. The molecule has 2 radical (unpaired) electrons. The van der Waals surface area contributed by atoms with Crippen LogP contribution in [0.2, 0.25) is 0 Å². The number of carbonyl (C=O) groups is 20. The SMILES string of the molecule is CC(=O)CN1CCN(CC(=O)O)CCN(C(C)C(=O)CCC(=O)NCC(CCC(=O)CNC(=O)C(C)N2CCN(CC(=O)[O-])CCN(CC(=O)O)CCN(CC(=O)O)CC2)(CNC(=O)CNC(=O)C(C)N2CCN(CC(=O)[O-])CCN(CC(=O)[O-])CCN(CC(=O)O)CC2)CNC(=O)CNC(=O)C(C)N2CCN(CC(=O)O)CCN(CC(=O)O)CCN(CC(=O)O)CC2)CCN(CC(=O)O)CC1.[Gd+3].[Gd+3]. The van der Waals surface area contributed by atoms with Crippen LogP contribution < -0.4 is 47.2 Å². The quantitative estimate of drug-likeness (QED) is 0.0269. The molecule has 4 aliphatic heterocycles. The summed E-state index contributed by atoms with van der Waals surface area (Å²) in [5.41, 5.74) is -1.75. The van der Waals surface area contributed by atoms with E-state index in [1.165, 1.54) is 66.9 Å². The summed E-state index contributed by atoms with van der Waals surface area (Å²) >= 11 is 0. The molecular formula is C84H141Gd2N22O31+3. The first-order valence-corrected chi connectivity index (χ1v) is 45.8. The van der Waals surface area contributed by atoms with Crippen molar-refractivity contribution in [3.05, 3.63) is 0 Å². The van der Waals surface area contributed by atoms with Gasteiger partial charge in [0.25, 0.3) is 0 Å². The minimum absolute atomic E-state index is 0. The van der Waals surface area contributed by atoms with Crippen LogP contribution in [0, 0.1) is 85.3 Å². The zero-order valence-corrected chi connectivity index (χ0v) is 84.4. The van der Waals surface area contributed by atoms with E-state index in [-0.39, 0.29) is 302 Å². The summed E-state index contributed by atoms with van der Waals surface area (Å²) in [6.45, 7) is -0.563. The first-order valence-electron chi connectivity index (χ1n) is 45.8. The minimum atomic E-state index is -1.75. The van der Waals surface area contributed by atoms with Crippen molar-refractivity contribution in [2.24, 2.45) is 5.41 Å². The Morgan fingerprint density at radius 2 is 0.446 bits per heavy atom. The van der Waals surface area contributed by atoms with Gasteiger partial charge in [0.1, 0.15) is 11.6 Å². The van der Waals surface area contributed by atoms with E-state index in [1.54, 1.807) is 46.1 Å². The standard InChI is InChI=1S/C84H144N22O31.2Gd/c1-60(107)45-91-10-12-95(49-73(119)120)26-34-103(35-27-96(13-11-91)50-74(121)122)61(2)66(109)6-7-67(110)88-57-84(9-8-65(108)42-85-81(135)62(3)104-36-28-97(51-75(123)124)20-14-92(46-70(113)114)15-21-98(29-37-104)52-76(125)126,58-89-68(111)43-86-82(136)63(4)105-38-30-99(53-77(127)128)22-16-93(47-71(115)116)17-23-100(31-39-105)54-78(129)130)59-90-69(112)44-87-83(137)64(5)106-40-32-101(55-79(131)132)24-18-94(48-72(117)118)19-25-102(33-41-106)56-80(133)134;;/h61-64H,6-59H2,1-5H3,(H,85,135)(H,86,136)(H,87,137)(H,88,110)(H,89,111)(H,90,112)(H,113,114)(H,115,116)(H,117,118)(H,119,120)(H,121,122)(H,123,124)(H,125,126)(H,127,128)(H,129,130)(H,131,132)(H,133,134);;/q;2*+3/p-3. The Balaban J connectivity index is 0.0000327. The van der Waals surface area contributed by atoms with Gasteiger partial charge < -0.3 is 102 Å². The summed E-state index contributed by atoms with van der Waals surface area (Å²) in [4.78, 5) is 285. The third-order valence-corrected chi connectivity index (χ3v) is 24.5. The largest absolute Gasteiger partial charge is 3.00 e. The molecule has 5 unspecified atom stereocenters. The molecule has 0 saturated carbocycles. The Kier molecular flexibility index (Phi) is 62.4. The summed E-state index contributed by atoms with van der Waals surface area (Å²) in [6.07, 6.45) is -1.94. The number of carbonyl (C=O) groups excluding carboxylic acids is 12. The third-order valence-electron chi connectivity index (χ3n) is 24.5. The zero-order valence-electron chi connectivity index (χ0n) is 79.8. The van der Waals surface area contributed by atoms with Gasteiger partial charge in [-0.3, -0.25) is 160 Å².